The maximum atomic E-state index is 14.3. The number of hydrogen-bond acceptors (Lipinski definition) is 5. The van der Waals surface area contributed by atoms with Crippen LogP contribution in [0.25, 0.3) is 0 Å². The molecule has 0 unspecified atom stereocenters. The van der Waals surface area contributed by atoms with E-state index in [4.69, 9.17) is 14.2 Å². The van der Waals surface area contributed by atoms with Gasteiger partial charge in [0.1, 0.15) is 11.4 Å². The second-order valence-corrected chi connectivity index (χ2v) is 7.61. The summed E-state index contributed by atoms with van der Waals surface area (Å²) in [6, 6.07) is 1.66. The van der Waals surface area contributed by atoms with E-state index >= 15 is 0 Å². The number of carbonyl (C=O) groups excluding carboxylic acids is 2. The monoisotopic (exact) mass is 384 g/mol. The fraction of sp³-hybridized carbons (Fsp3) is 0.600. The molecule has 0 saturated heterocycles. The molecule has 0 atom stereocenters. The van der Waals surface area contributed by atoms with Crippen LogP contribution in [-0.2, 0) is 14.3 Å². The number of halogens is 2. The van der Waals surface area contributed by atoms with E-state index in [0.29, 0.717) is 32.3 Å². The van der Waals surface area contributed by atoms with Gasteiger partial charge in [-0.3, -0.25) is 4.79 Å². The molecule has 1 fully saturated rings. The highest BCUT2D eigenvalue weighted by Gasteiger charge is 2.29. The number of ether oxygens (including phenoxy) is 3. The van der Waals surface area contributed by atoms with Crippen LogP contribution >= 0.6 is 0 Å². The molecule has 1 aromatic rings. The SMILES string of the molecule is CCOC(=O)[C@H]1CC[C@@H](Oc2cc(F)c(C(=O)OC(C)(C)C)cc2F)CC1. The fourth-order valence-corrected chi connectivity index (χ4v) is 2.96. The summed E-state index contributed by atoms with van der Waals surface area (Å²) in [7, 11) is 0. The van der Waals surface area contributed by atoms with Gasteiger partial charge in [0.25, 0.3) is 0 Å². The summed E-state index contributed by atoms with van der Waals surface area (Å²) >= 11 is 0. The molecule has 0 amide bonds. The molecule has 0 heterocycles. The first kappa shape index (κ1) is 21.1. The summed E-state index contributed by atoms with van der Waals surface area (Å²) in [6.45, 7) is 7.02. The summed E-state index contributed by atoms with van der Waals surface area (Å²) in [5.41, 5.74) is -1.28. The van der Waals surface area contributed by atoms with E-state index < -0.39 is 28.8 Å². The first-order valence-electron chi connectivity index (χ1n) is 9.16. The van der Waals surface area contributed by atoms with Crippen LogP contribution < -0.4 is 4.74 Å². The Bertz CT molecular complexity index is 688. The van der Waals surface area contributed by atoms with Crippen molar-refractivity contribution in [3.8, 4) is 5.75 Å². The second kappa shape index (κ2) is 8.67. The highest BCUT2D eigenvalue weighted by atomic mass is 19.1. The van der Waals surface area contributed by atoms with E-state index in [1.807, 2.05) is 0 Å². The lowest BCUT2D eigenvalue weighted by atomic mass is 9.87. The summed E-state index contributed by atoms with van der Waals surface area (Å²) in [6.07, 6.45) is 1.90. The van der Waals surface area contributed by atoms with Crippen LogP contribution in [0.15, 0.2) is 12.1 Å². The minimum atomic E-state index is -0.930. The average Bonchev–Trinajstić information content (AvgIpc) is 2.57. The minimum absolute atomic E-state index is 0.180. The van der Waals surface area contributed by atoms with Crippen LogP contribution in [0.5, 0.6) is 5.75 Å². The third-order valence-corrected chi connectivity index (χ3v) is 4.23. The molecule has 1 aliphatic carbocycles. The highest BCUT2D eigenvalue weighted by molar-refractivity contribution is 5.90. The third kappa shape index (κ3) is 5.91. The van der Waals surface area contributed by atoms with Crippen molar-refractivity contribution in [3.63, 3.8) is 0 Å². The van der Waals surface area contributed by atoms with Crippen LogP contribution in [0.4, 0.5) is 8.78 Å². The van der Waals surface area contributed by atoms with Crippen molar-refractivity contribution >= 4 is 11.9 Å². The van der Waals surface area contributed by atoms with Gasteiger partial charge < -0.3 is 14.2 Å². The van der Waals surface area contributed by atoms with E-state index in [0.717, 1.165) is 12.1 Å². The number of esters is 2. The van der Waals surface area contributed by atoms with Crippen molar-refractivity contribution in [2.24, 2.45) is 5.92 Å². The summed E-state index contributed by atoms with van der Waals surface area (Å²) in [5.74, 6) is -3.32. The second-order valence-electron chi connectivity index (χ2n) is 7.61. The Morgan fingerprint density at radius 2 is 1.70 bits per heavy atom. The minimum Gasteiger partial charge on any atom is -0.487 e. The molecule has 0 aliphatic heterocycles. The molecule has 7 heteroatoms. The molecule has 0 spiro atoms. The Balaban J connectivity index is 2.01. The van der Waals surface area contributed by atoms with Crippen LogP contribution in [0.1, 0.15) is 63.7 Å². The smallest absolute Gasteiger partial charge is 0.341 e. The van der Waals surface area contributed by atoms with E-state index in [1.54, 1.807) is 27.7 Å². The lowest BCUT2D eigenvalue weighted by Gasteiger charge is -2.28. The molecule has 0 radical (unpaired) electrons. The quantitative estimate of drug-likeness (QED) is 0.703. The van der Waals surface area contributed by atoms with Crippen LogP contribution in [-0.4, -0.2) is 30.3 Å². The Kier molecular flexibility index (Phi) is 6.78. The predicted molar refractivity (Wildman–Crippen MR) is 94.5 cm³/mol. The van der Waals surface area contributed by atoms with Crippen molar-refractivity contribution < 1.29 is 32.6 Å². The first-order valence-corrected chi connectivity index (χ1v) is 9.16. The topological polar surface area (TPSA) is 61.8 Å². The molecule has 150 valence electrons. The molecular weight excluding hydrogens is 358 g/mol. The van der Waals surface area contributed by atoms with Gasteiger partial charge in [-0.05, 0) is 59.4 Å². The van der Waals surface area contributed by atoms with E-state index in [2.05, 4.69) is 0 Å². The normalized spacial score (nSPS) is 20.1. The lowest BCUT2D eigenvalue weighted by Crippen LogP contribution is -2.29. The number of carbonyl (C=O) groups is 2. The molecule has 2 rings (SSSR count). The Morgan fingerprint density at radius 3 is 2.26 bits per heavy atom. The summed E-state index contributed by atoms with van der Waals surface area (Å²) < 4.78 is 44.2. The Morgan fingerprint density at radius 1 is 1.07 bits per heavy atom. The van der Waals surface area contributed by atoms with Gasteiger partial charge in [-0.25, -0.2) is 13.6 Å². The fourth-order valence-electron chi connectivity index (χ4n) is 2.96. The van der Waals surface area contributed by atoms with Crippen molar-refractivity contribution in [2.45, 2.75) is 65.1 Å². The van der Waals surface area contributed by atoms with Crippen molar-refractivity contribution in [1.29, 1.82) is 0 Å². The molecule has 1 saturated carbocycles. The van der Waals surface area contributed by atoms with Crippen molar-refractivity contribution in [2.75, 3.05) is 6.61 Å². The maximum Gasteiger partial charge on any atom is 0.341 e. The highest BCUT2D eigenvalue weighted by Crippen LogP contribution is 2.31. The predicted octanol–water partition coefficient (Wildman–Crippen LogP) is 4.42. The van der Waals surface area contributed by atoms with Gasteiger partial charge in [0.2, 0.25) is 0 Å². The number of benzene rings is 1. The molecule has 0 aromatic heterocycles. The zero-order chi connectivity index (χ0) is 20.2. The molecule has 5 nitrogen and oxygen atoms in total. The molecule has 27 heavy (non-hydrogen) atoms. The van der Waals surface area contributed by atoms with Gasteiger partial charge in [0.05, 0.1) is 24.2 Å². The van der Waals surface area contributed by atoms with Gasteiger partial charge in [-0.15, -0.1) is 0 Å². The van der Waals surface area contributed by atoms with Crippen molar-refractivity contribution in [1.82, 2.24) is 0 Å². The zero-order valence-electron chi connectivity index (χ0n) is 16.1. The molecule has 1 aliphatic rings. The van der Waals surface area contributed by atoms with Gasteiger partial charge in [0, 0.05) is 6.07 Å². The Labute approximate surface area is 158 Å². The summed E-state index contributed by atoms with van der Waals surface area (Å²) in [5, 5.41) is 0. The molecule has 0 bridgehead atoms. The van der Waals surface area contributed by atoms with E-state index in [-0.39, 0.29) is 23.7 Å². The first-order chi connectivity index (χ1) is 12.6. The van der Waals surface area contributed by atoms with Crippen molar-refractivity contribution in [3.05, 3.63) is 29.3 Å². The van der Waals surface area contributed by atoms with E-state index in [1.165, 1.54) is 0 Å². The largest absolute Gasteiger partial charge is 0.487 e. The average molecular weight is 384 g/mol. The van der Waals surface area contributed by atoms with Gasteiger partial charge in [-0.2, -0.15) is 0 Å². The van der Waals surface area contributed by atoms with Crippen LogP contribution in [0, 0.1) is 17.6 Å². The third-order valence-electron chi connectivity index (χ3n) is 4.23. The van der Waals surface area contributed by atoms with Gasteiger partial charge in [0.15, 0.2) is 11.6 Å². The van der Waals surface area contributed by atoms with E-state index in [9.17, 15) is 18.4 Å². The standard InChI is InChI=1S/C20H26F2O5/c1-5-25-18(23)12-6-8-13(9-7-12)26-17-11-15(21)14(10-16(17)22)19(24)27-20(2,3)4/h10-13H,5-9H2,1-4H3/t12-,13+. The lowest BCUT2D eigenvalue weighted by molar-refractivity contribution is -0.149. The molecule has 1 aromatic carbocycles. The molecule has 0 N–H and O–H groups in total. The number of rotatable bonds is 5. The maximum absolute atomic E-state index is 14.3. The molecular formula is C20H26F2O5. The van der Waals surface area contributed by atoms with Crippen LogP contribution in [0.2, 0.25) is 0 Å². The van der Waals surface area contributed by atoms with Crippen LogP contribution in [0.3, 0.4) is 0 Å². The Hall–Kier alpha value is -2.18. The van der Waals surface area contributed by atoms with Gasteiger partial charge in [-0.1, -0.05) is 0 Å². The number of hydrogen-bond donors (Lipinski definition) is 0. The summed E-state index contributed by atoms with van der Waals surface area (Å²) in [4.78, 5) is 23.7. The van der Waals surface area contributed by atoms with Gasteiger partial charge >= 0.3 is 11.9 Å². The zero-order valence-corrected chi connectivity index (χ0v) is 16.1.